The first-order valence-electron chi connectivity index (χ1n) is 11.7. The van der Waals surface area contributed by atoms with E-state index in [0.29, 0.717) is 37.1 Å². The Hall–Kier alpha value is -2.32. The number of alkyl halides is 3. The Kier molecular flexibility index (Phi) is 7.82. The molecule has 0 saturated carbocycles. The van der Waals surface area contributed by atoms with Crippen molar-refractivity contribution in [2.45, 2.75) is 34.5 Å². The Bertz CT molecular complexity index is 1240. The molecule has 2 aliphatic rings. The van der Waals surface area contributed by atoms with Crippen molar-refractivity contribution in [3.05, 3.63) is 54.1 Å². The molecule has 0 aromatic heterocycles. The highest BCUT2D eigenvalue weighted by atomic mass is 32.2. The summed E-state index contributed by atoms with van der Waals surface area (Å²) in [7, 11) is -3.85. The molecule has 4 rings (SSSR count). The van der Waals surface area contributed by atoms with E-state index in [0.717, 1.165) is 0 Å². The standard InChI is InChI=1S/C24H29F3N4O4S2/c1-23(33,24(25,26)27)17-6-8-18(9-7-17)31-13-12-30(37(34,35)21-5-3-2-4-20(21)36)15-19(31)14-29-11-10-28-22(32)16-29/h2-9,19,33,36H,10-16H2,1H3,(H,28,32)/t19-,23?/m0/s1. The first-order chi connectivity index (χ1) is 17.3. The van der Waals surface area contributed by atoms with Gasteiger partial charge in [-0.05, 0) is 36.8 Å². The number of sulfonamides is 1. The maximum absolute atomic E-state index is 13.4. The Labute approximate surface area is 219 Å². The van der Waals surface area contributed by atoms with Crippen LogP contribution in [0.4, 0.5) is 18.9 Å². The van der Waals surface area contributed by atoms with Gasteiger partial charge in [0.15, 0.2) is 5.60 Å². The van der Waals surface area contributed by atoms with Crippen molar-refractivity contribution in [1.82, 2.24) is 14.5 Å². The van der Waals surface area contributed by atoms with E-state index in [4.69, 9.17) is 0 Å². The van der Waals surface area contributed by atoms with Crippen LogP contribution in [-0.4, -0.2) is 86.7 Å². The van der Waals surface area contributed by atoms with Crippen molar-refractivity contribution in [3.63, 3.8) is 0 Å². The molecule has 8 nitrogen and oxygen atoms in total. The van der Waals surface area contributed by atoms with E-state index in [9.17, 15) is 31.5 Å². The quantitative estimate of drug-likeness (QED) is 0.471. The fraction of sp³-hybridized carbons (Fsp3) is 0.458. The van der Waals surface area contributed by atoms with E-state index in [-0.39, 0.29) is 48.6 Å². The van der Waals surface area contributed by atoms with Gasteiger partial charge >= 0.3 is 6.18 Å². The molecular weight excluding hydrogens is 529 g/mol. The van der Waals surface area contributed by atoms with E-state index >= 15 is 0 Å². The summed E-state index contributed by atoms with van der Waals surface area (Å²) in [5.41, 5.74) is -2.70. The number of nitrogens with one attached hydrogen (secondary N) is 1. The highest BCUT2D eigenvalue weighted by Gasteiger charge is 2.51. The summed E-state index contributed by atoms with van der Waals surface area (Å²) >= 11 is 4.31. The first-order valence-corrected chi connectivity index (χ1v) is 13.6. The molecule has 0 spiro atoms. The molecule has 2 fully saturated rings. The number of aliphatic hydroxyl groups is 1. The number of thiol groups is 1. The van der Waals surface area contributed by atoms with Crippen molar-refractivity contribution in [2.24, 2.45) is 0 Å². The third-order valence-electron chi connectivity index (χ3n) is 6.83. The molecule has 2 N–H and O–H groups in total. The normalized spacial score (nSPS) is 21.9. The topological polar surface area (TPSA) is 93.2 Å². The average Bonchev–Trinajstić information content (AvgIpc) is 2.83. The molecule has 2 aromatic rings. The summed E-state index contributed by atoms with van der Waals surface area (Å²) in [6.45, 7) is 2.88. The second-order valence-corrected chi connectivity index (χ2v) is 11.8. The van der Waals surface area contributed by atoms with E-state index in [2.05, 4.69) is 17.9 Å². The first kappa shape index (κ1) is 27.7. The summed E-state index contributed by atoms with van der Waals surface area (Å²) in [4.78, 5) is 16.2. The molecule has 2 atom stereocenters. The zero-order valence-corrected chi connectivity index (χ0v) is 21.9. The van der Waals surface area contributed by atoms with Crippen LogP contribution in [0.2, 0.25) is 0 Å². The van der Waals surface area contributed by atoms with E-state index < -0.39 is 21.8 Å². The molecule has 2 aliphatic heterocycles. The highest BCUT2D eigenvalue weighted by Crippen LogP contribution is 2.39. The second-order valence-electron chi connectivity index (χ2n) is 9.38. The lowest BCUT2D eigenvalue weighted by atomic mass is 9.95. The van der Waals surface area contributed by atoms with Gasteiger partial charge in [-0.25, -0.2) is 8.42 Å². The van der Waals surface area contributed by atoms with Crippen LogP contribution in [0.3, 0.4) is 0 Å². The maximum Gasteiger partial charge on any atom is 0.421 e. The molecule has 202 valence electrons. The number of anilines is 1. The Morgan fingerprint density at radius 1 is 1.08 bits per heavy atom. The average molecular weight is 559 g/mol. The number of rotatable bonds is 6. The number of carbonyl (C=O) groups is 1. The number of halogens is 3. The summed E-state index contributed by atoms with van der Waals surface area (Å²) in [5, 5.41) is 12.8. The van der Waals surface area contributed by atoms with Crippen LogP contribution in [0.15, 0.2) is 58.3 Å². The van der Waals surface area contributed by atoms with Gasteiger partial charge in [-0.3, -0.25) is 9.69 Å². The molecular formula is C24H29F3N4O4S2. The SMILES string of the molecule is CC(O)(c1ccc(N2CCN(S(=O)(=O)c3ccccc3S)C[C@@H]2CN2CCNC(=O)C2)cc1)C(F)(F)F. The van der Waals surface area contributed by atoms with Crippen molar-refractivity contribution in [1.29, 1.82) is 0 Å². The Balaban J connectivity index is 1.62. The number of benzene rings is 2. The zero-order valence-electron chi connectivity index (χ0n) is 20.1. The van der Waals surface area contributed by atoms with E-state index in [1.165, 1.54) is 34.6 Å². The third-order valence-corrected chi connectivity index (χ3v) is 9.29. The highest BCUT2D eigenvalue weighted by molar-refractivity contribution is 7.90. The van der Waals surface area contributed by atoms with Crippen LogP contribution < -0.4 is 10.2 Å². The summed E-state index contributed by atoms with van der Waals surface area (Å²) < 4.78 is 68.1. The molecule has 0 aliphatic carbocycles. The van der Waals surface area contributed by atoms with Crippen LogP contribution in [-0.2, 0) is 20.4 Å². The van der Waals surface area contributed by atoms with Gasteiger partial charge in [0.05, 0.1) is 17.5 Å². The number of piperazine rings is 2. The number of amides is 1. The molecule has 0 radical (unpaired) electrons. The minimum Gasteiger partial charge on any atom is -0.376 e. The predicted molar refractivity (Wildman–Crippen MR) is 135 cm³/mol. The van der Waals surface area contributed by atoms with Crippen molar-refractivity contribution in [3.8, 4) is 0 Å². The lowest BCUT2D eigenvalue weighted by Gasteiger charge is -2.44. The van der Waals surface area contributed by atoms with Gasteiger partial charge in [0.1, 0.15) is 0 Å². The van der Waals surface area contributed by atoms with Crippen LogP contribution in [0.5, 0.6) is 0 Å². The van der Waals surface area contributed by atoms with Gasteiger partial charge in [-0.1, -0.05) is 24.3 Å². The van der Waals surface area contributed by atoms with Crippen molar-refractivity contribution < 1.29 is 31.5 Å². The van der Waals surface area contributed by atoms with E-state index in [1.807, 2.05) is 9.80 Å². The zero-order chi connectivity index (χ0) is 27.0. The molecule has 37 heavy (non-hydrogen) atoms. The van der Waals surface area contributed by atoms with Gasteiger partial charge in [0.25, 0.3) is 0 Å². The molecule has 2 aromatic carbocycles. The largest absolute Gasteiger partial charge is 0.421 e. The summed E-state index contributed by atoms with van der Waals surface area (Å²) in [6, 6.07) is 11.5. The van der Waals surface area contributed by atoms with Crippen LogP contribution in [0.25, 0.3) is 0 Å². The monoisotopic (exact) mass is 558 g/mol. The molecule has 1 unspecified atom stereocenters. The van der Waals surface area contributed by atoms with Crippen LogP contribution in [0.1, 0.15) is 12.5 Å². The summed E-state index contributed by atoms with van der Waals surface area (Å²) in [5.74, 6) is -0.124. The minimum atomic E-state index is -4.84. The van der Waals surface area contributed by atoms with Gasteiger partial charge in [0, 0.05) is 49.9 Å². The fourth-order valence-electron chi connectivity index (χ4n) is 4.64. The van der Waals surface area contributed by atoms with Crippen LogP contribution >= 0.6 is 12.6 Å². The van der Waals surface area contributed by atoms with Gasteiger partial charge < -0.3 is 15.3 Å². The maximum atomic E-state index is 13.4. The molecule has 1 amide bonds. The number of hydrogen-bond acceptors (Lipinski definition) is 7. The van der Waals surface area contributed by atoms with Crippen molar-refractivity contribution >= 4 is 34.2 Å². The minimum absolute atomic E-state index is 0.0987. The number of hydrogen-bond donors (Lipinski definition) is 3. The fourth-order valence-corrected chi connectivity index (χ4v) is 6.70. The van der Waals surface area contributed by atoms with Gasteiger partial charge in [-0.2, -0.15) is 17.5 Å². The molecule has 2 heterocycles. The second kappa shape index (κ2) is 10.4. The van der Waals surface area contributed by atoms with Gasteiger partial charge in [0.2, 0.25) is 15.9 Å². The van der Waals surface area contributed by atoms with Gasteiger partial charge in [-0.15, -0.1) is 12.6 Å². The lowest BCUT2D eigenvalue weighted by molar-refractivity contribution is -0.258. The molecule has 13 heteroatoms. The summed E-state index contributed by atoms with van der Waals surface area (Å²) in [6.07, 6.45) is -4.84. The Morgan fingerprint density at radius 2 is 1.76 bits per heavy atom. The predicted octanol–water partition coefficient (Wildman–Crippen LogP) is 2.06. The Morgan fingerprint density at radius 3 is 2.38 bits per heavy atom. The van der Waals surface area contributed by atoms with Crippen LogP contribution in [0, 0.1) is 0 Å². The van der Waals surface area contributed by atoms with Crippen molar-refractivity contribution in [2.75, 3.05) is 50.7 Å². The molecule has 2 saturated heterocycles. The third kappa shape index (κ3) is 5.75. The number of carbonyl (C=O) groups excluding carboxylic acids is 1. The lowest BCUT2D eigenvalue weighted by Crippen LogP contribution is -2.60. The smallest absolute Gasteiger partial charge is 0.376 e. The number of nitrogens with zero attached hydrogens (tertiary/aromatic N) is 3. The van der Waals surface area contributed by atoms with E-state index in [1.54, 1.807) is 18.2 Å². The molecule has 0 bridgehead atoms.